The molecule has 0 amide bonds. The van der Waals surface area contributed by atoms with Gasteiger partial charge in [-0.25, -0.2) is 4.39 Å². The number of alkyl halides is 1. The molecule has 0 N–H and O–H groups in total. The second kappa shape index (κ2) is 11.3. The van der Waals surface area contributed by atoms with Crippen molar-refractivity contribution in [2.24, 2.45) is 4.99 Å². The Balaban J connectivity index is 1.80. The molecule has 1 aliphatic carbocycles. The third-order valence-corrected chi connectivity index (χ3v) is 5.25. The summed E-state index contributed by atoms with van der Waals surface area (Å²) in [6.07, 6.45) is 6.93. The molecule has 2 aromatic carbocycles. The van der Waals surface area contributed by atoms with Crippen LogP contribution in [0.15, 0.2) is 113 Å². The van der Waals surface area contributed by atoms with Gasteiger partial charge in [0.2, 0.25) is 5.88 Å². The van der Waals surface area contributed by atoms with Crippen molar-refractivity contribution in [3.05, 3.63) is 119 Å². The zero-order valence-corrected chi connectivity index (χ0v) is 18.1. The molecule has 2 aromatic rings. The van der Waals surface area contributed by atoms with Gasteiger partial charge in [0, 0.05) is 5.57 Å². The van der Waals surface area contributed by atoms with Crippen molar-refractivity contribution in [2.75, 3.05) is 0 Å². The van der Waals surface area contributed by atoms with Crippen molar-refractivity contribution in [3.8, 4) is 0 Å². The van der Waals surface area contributed by atoms with Crippen LogP contribution in [0.1, 0.15) is 17.5 Å². The Hall–Kier alpha value is -2.92. The van der Waals surface area contributed by atoms with Crippen molar-refractivity contribution in [1.29, 1.82) is 0 Å². The summed E-state index contributed by atoms with van der Waals surface area (Å²) in [6.45, 7) is 4.59. The molecule has 1 atom stereocenters. The number of hydrogen-bond donors (Lipinski definition) is 0. The topological polar surface area (TPSA) is 30.8 Å². The first kappa shape index (κ1) is 21.8. The van der Waals surface area contributed by atoms with Gasteiger partial charge in [-0.2, -0.15) is 4.99 Å². The normalized spacial score (nSPS) is 17.1. The molecule has 0 saturated carbocycles. The molecule has 30 heavy (non-hydrogen) atoms. The van der Waals surface area contributed by atoms with E-state index in [1.165, 1.54) is 12.5 Å². The quantitative estimate of drug-likeness (QED) is 0.133. The van der Waals surface area contributed by atoms with E-state index < -0.39 is 0 Å². The van der Waals surface area contributed by atoms with E-state index in [-0.39, 0.29) is 10.7 Å². The first-order chi connectivity index (χ1) is 14.7. The summed E-state index contributed by atoms with van der Waals surface area (Å²) in [5, 5.41) is 0. The average molecular weight is 468 g/mol. The monoisotopic (exact) mass is 467 g/mol. The Morgan fingerprint density at radius 1 is 1.07 bits per heavy atom. The van der Waals surface area contributed by atoms with Crippen molar-refractivity contribution in [3.63, 3.8) is 0 Å². The van der Waals surface area contributed by atoms with Gasteiger partial charge in [0.15, 0.2) is 6.40 Å². The van der Waals surface area contributed by atoms with Crippen LogP contribution in [0.3, 0.4) is 0 Å². The predicted molar refractivity (Wildman–Crippen MR) is 123 cm³/mol. The average Bonchev–Trinajstić information content (AvgIpc) is 2.78. The van der Waals surface area contributed by atoms with Crippen LogP contribution in [0.2, 0.25) is 0 Å². The first-order valence-corrected chi connectivity index (χ1v) is 10.5. The van der Waals surface area contributed by atoms with Crippen LogP contribution in [-0.2, 0) is 22.7 Å². The highest BCUT2D eigenvalue weighted by Crippen LogP contribution is 2.30. The summed E-state index contributed by atoms with van der Waals surface area (Å²) in [4.78, 5) is 4.07. The van der Waals surface area contributed by atoms with E-state index in [4.69, 9.17) is 9.47 Å². The molecule has 3 rings (SSSR count). The molecule has 1 aliphatic rings. The number of nitrogens with zero attached hydrogens (tertiary/aromatic N) is 1. The largest absolute Gasteiger partial charge is 0.478 e. The van der Waals surface area contributed by atoms with E-state index in [0.717, 1.165) is 11.1 Å². The Morgan fingerprint density at radius 3 is 2.30 bits per heavy atom. The molecule has 0 fully saturated rings. The second-order valence-corrected chi connectivity index (χ2v) is 7.73. The number of ether oxygens (including phenoxy) is 2. The summed E-state index contributed by atoms with van der Waals surface area (Å²) in [7, 11) is 0. The molecule has 0 heterocycles. The maximum absolute atomic E-state index is 14.1. The predicted octanol–water partition coefficient (Wildman–Crippen LogP) is 6.79. The Bertz CT molecular complexity index is 965. The van der Waals surface area contributed by atoms with E-state index in [1.54, 1.807) is 6.08 Å². The van der Waals surface area contributed by atoms with Gasteiger partial charge in [-0.1, -0.05) is 95.3 Å². The fraction of sp³-hybridized carbons (Fsp3) is 0.160. The molecular weight excluding hydrogens is 445 g/mol. The highest BCUT2D eigenvalue weighted by atomic mass is 79.9. The Morgan fingerprint density at radius 2 is 1.70 bits per heavy atom. The standard InChI is InChI=1S/C25H23BrFNO2/c1-2-22(21-13-14-23(26)24(27)15-21)25(30-17-20-11-7-4-8-12-20)28-18-29-16-19-9-5-3-6-10-19/h2-13,15,18,23H,1,14,16-17H2/b25-22-,28-18+. The molecule has 0 aromatic heterocycles. The number of halogens is 2. The summed E-state index contributed by atoms with van der Waals surface area (Å²) >= 11 is 3.31. The van der Waals surface area contributed by atoms with E-state index in [2.05, 4.69) is 27.5 Å². The van der Waals surface area contributed by atoms with Crippen LogP contribution in [0.4, 0.5) is 4.39 Å². The van der Waals surface area contributed by atoms with Gasteiger partial charge in [-0.05, 0) is 29.2 Å². The Kier molecular flexibility index (Phi) is 8.21. The first-order valence-electron chi connectivity index (χ1n) is 9.60. The lowest BCUT2D eigenvalue weighted by molar-refractivity contribution is 0.192. The number of aliphatic imine (C=N–C) groups is 1. The van der Waals surface area contributed by atoms with Gasteiger partial charge in [0.1, 0.15) is 19.0 Å². The van der Waals surface area contributed by atoms with Crippen molar-refractivity contribution < 1.29 is 13.9 Å². The van der Waals surface area contributed by atoms with Gasteiger partial charge in [-0.15, -0.1) is 0 Å². The van der Waals surface area contributed by atoms with Crippen LogP contribution in [0.5, 0.6) is 0 Å². The van der Waals surface area contributed by atoms with Gasteiger partial charge >= 0.3 is 0 Å². The fourth-order valence-electron chi connectivity index (χ4n) is 2.86. The van der Waals surface area contributed by atoms with Gasteiger partial charge in [0.05, 0.1) is 4.83 Å². The molecule has 0 saturated heterocycles. The molecule has 3 nitrogen and oxygen atoms in total. The van der Waals surface area contributed by atoms with Gasteiger partial charge in [-0.3, -0.25) is 0 Å². The van der Waals surface area contributed by atoms with Gasteiger partial charge < -0.3 is 9.47 Å². The SMILES string of the molecule is C=C/C(C1=CCC(Br)C(F)=C1)=C(\N=C\OCc1ccccc1)OCc1ccccc1. The minimum Gasteiger partial charge on any atom is -0.478 e. The molecule has 0 spiro atoms. The van der Waals surface area contributed by atoms with Gasteiger partial charge in [0.25, 0.3) is 0 Å². The third kappa shape index (κ3) is 6.29. The minimum atomic E-state index is -0.307. The van der Waals surface area contributed by atoms with Crippen LogP contribution >= 0.6 is 15.9 Å². The lowest BCUT2D eigenvalue weighted by Crippen LogP contribution is -2.05. The highest BCUT2D eigenvalue weighted by Gasteiger charge is 2.18. The molecule has 1 unspecified atom stereocenters. The van der Waals surface area contributed by atoms with Crippen LogP contribution in [-0.4, -0.2) is 11.2 Å². The maximum atomic E-state index is 14.1. The maximum Gasteiger partial charge on any atom is 0.224 e. The molecule has 0 bridgehead atoms. The molecule has 0 aliphatic heterocycles. The zero-order valence-electron chi connectivity index (χ0n) is 16.5. The number of allylic oxidation sites excluding steroid dienone is 6. The smallest absolute Gasteiger partial charge is 0.224 e. The minimum absolute atomic E-state index is 0.237. The molecule has 5 heteroatoms. The summed E-state index contributed by atoms with van der Waals surface area (Å²) < 4.78 is 25.7. The third-order valence-electron chi connectivity index (χ3n) is 4.44. The van der Waals surface area contributed by atoms with Crippen molar-refractivity contribution >= 4 is 22.3 Å². The van der Waals surface area contributed by atoms with E-state index in [9.17, 15) is 4.39 Å². The number of benzene rings is 2. The van der Waals surface area contributed by atoms with E-state index in [0.29, 0.717) is 36.7 Å². The number of hydrogen-bond acceptors (Lipinski definition) is 3. The van der Waals surface area contributed by atoms with Crippen LogP contribution in [0.25, 0.3) is 0 Å². The fourth-order valence-corrected chi connectivity index (χ4v) is 3.18. The number of rotatable bonds is 9. The Labute approximate surface area is 185 Å². The zero-order chi connectivity index (χ0) is 21.2. The van der Waals surface area contributed by atoms with E-state index >= 15 is 0 Å². The summed E-state index contributed by atoms with van der Waals surface area (Å²) in [6, 6.07) is 19.6. The van der Waals surface area contributed by atoms with E-state index in [1.807, 2.05) is 66.7 Å². The van der Waals surface area contributed by atoms with Crippen LogP contribution in [0, 0.1) is 0 Å². The summed E-state index contributed by atoms with van der Waals surface area (Å²) in [5.41, 5.74) is 3.33. The molecular formula is C25H23BrFNO2. The second-order valence-electron chi connectivity index (χ2n) is 6.62. The highest BCUT2D eigenvalue weighted by molar-refractivity contribution is 9.09. The summed E-state index contributed by atoms with van der Waals surface area (Å²) in [5.74, 6) is 0.0869. The van der Waals surface area contributed by atoms with Crippen molar-refractivity contribution in [1.82, 2.24) is 0 Å². The molecule has 154 valence electrons. The lowest BCUT2D eigenvalue weighted by atomic mass is 9.99. The lowest BCUT2D eigenvalue weighted by Gasteiger charge is -2.16. The van der Waals surface area contributed by atoms with Crippen molar-refractivity contribution in [2.45, 2.75) is 24.5 Å². The molecule has 0 radical (unpaired) electrons. The van der Waals surface area contributed by atoms with Crippen LogP contribution < -0.4 is 0 Å².